The van der Waals surface area contributed by atoms with Gasteiger partial charge in [0, 0.05) is 24.5 Å². The van der Waals surface area contributed by atoms with Gasteiger partial charge < -0.3 is 24.8 Å². The Morgan fingerprint density at radius 3 is 2.54 bits per heavy atom. The van der Waals surface area contributed by atoms with Gasteiger partial charge in [-0.15, -0.1) is 0 Å². The van der Waals surface area contributed by atoms with Gasteiger partial charge in [-0.2, -0.15) is 5.26 Å². The van der Waals surface area contributed by atoms with Crippen LogP contribution in [0.15, 0.2) is 54.2 Å². The summed E-state index contributed by atoms with van der Waals surface area (Å²) in [6.45, 7) is 0.571. The van der Waals surface area contributed by atoms with E-state index in [9.17, 15) is 10.1 Å². The molecule has 0 aliphatic carbocycles. The van der Waals surface area contributed by atoms with Crippen molar-refractivity contribution >= 4 is 11.6 Å². The molecule has 2 aromatic carbocycles. The molecule has 0 saturated carbocycles. The first kappa shape index (κ1) is 20.6. The highest BCUT2D eigenvalue weighted by Gasteiger charge is 2.11. The number of carbonyl (C=O) groups excluding carboxylic acids is 1. The van der Waals surface area contributed by atoms with E-state index in [1.54, 1.807) is 25.3 Å². The van der Waals surface area contributed by atoms with E-state index in [4.69, 9.17) is 14.2 Å². The minimum atomic E-state index is -0.511. The van der Waals surface area contributed by atoms with Gasteiger partial charge in [0.25, 0.3) is 5.91 Å². The van der Waals surface area contributed by atoms with Crippen LogP contribution in [0.2, 0.25) is 0 Å². The molecule has 0 spiro atoms. The molecule has 2 aromatic rings. The van der Waals surface area contributed by atoms with Crippen LogP contribution in [-0.4, -0.2) is 33.8 Å². The molecule has 0 aromatic heterocycles. The smallest absolute Gasteiger partial charge is 0.267 e. The number of carbonyl (C=O) groups is 1. The highest BCUT2D eigenvalue weighted by molar-refractivity contribution is 6.06. The van der Waals surface area contributed by atoms with E-state index in [2.05, 4.69) is 10.6 Å². The van der Waals surface area contributed by atoms with Gasteiger partial charge in [-0.3, -0.25) is 4.79 Å². The standard InChI is InChI=1S/C21H23N3O4/c1-26-18-6-4-5-15(11-18)9-10-23-14-16(13-22)21(25)24-17-7-8-19(27-2)20(12-17)28-3/h4-8,11-12,14,23H,9-10H2,1-3H3,(H,24,25)/b16-14-. The fourth-order valence-corrected chi connectivity index (χ4v) is 2.48. The van der Waals surface area contributed by atoms with Crippen LogP contribution in [0.3, 0.4) is 0 Å². The lowest BCUT2D eigenvalue weighted by Gasteiger charge is -2.10. The maximum atomic E-state index is 12.3. The molecular weight excluding hydrogens is 358 g/mol. The highest BCUT2D eigenvalue weighted by atomic mass is 16.5. The average molecular weight is 381 g/mol. The van der Waals surface area contributed by atoms with Gasteiger partial charge in [0.1, 0.15) is 17.4 Å². The van der Waals surface area contributed by atoms with Crippen LogP contribution >= 0.6 is 0 Å². The quantitative estimate of drug-likeness (QED) is 0.394. The largest absolute Gasteiger partial charge is 0.497 e. The average Bonchev–Trinajstić information content (AvgIpc) is 2.73. The maximum absolute atomic E-state index is 12.3. The Labute approximate surface area is 164 Å². The summed E-state index contributed by atoms with van der Waals surface area (Å²) in [5, 5.41) is 14.9. The zero-order valence-electron chi connectivity index (χ0n) is 16.1. The summed E-state index contributed by atoms with van der Waals surface area (Å²) >= 11 is 0. The minimum Gasteiger partial charge on any atom is -0.497 e. The van der Waals surface area contributed by atoms with Gasteiger partial charge in [-0.05, 0) is 36.2 Å². The number of anilines is 1. The van der Waals surface area contributed by atoms with Gasteiger partial charge in [0.15, 0.2) is 11.5 Å². The van der Waals surface area contributed by atoms with E-state index in [1.165, 1.54) is 20.4 Å². The second kappa shape index (κ2) is 10.5. The van der Waals surface area contributed by atoms with Gasteiger partial charge in [-0.1, -0.05) is 12.1 Å². The number of hydrogen-bond donors (Lipinski definition) is 2. The predicted molar refractivity (Wildman–Crippen MR) is 107 cm³/mol. The Morgan fingerprint density at radius 2 is 1.86 bits per heavy atom. The Morgan fingerprint density at radius 1 is 1.07 bits per heavy atom. The molecule has 28 heavy (non-hydrogen) atoms. The molecule has 2 N–H and O–H groups in total. The molecule has 0 unspecified atom stereocenters. The Balaban J connectivity index is 1.94. The van der Waals surface area contributed by atoms with E-state index >= 15 is 0 Å². The summed E-state index contributed by atoms with van der Waals surface area (Å²) in [5.41, 5.74) is 1.56. The molecule has 0 aliphatic rings. The van der Waals surface area contributed by atoms with E-state index in [0.29, 0.717) is 23.7 Å². The van der Waals surface area contributed by atoms with Crippen molar-refractivity contribution in [3.05, 3.63) is 59.8 Å². The van der Waals surface area contributed by atoms with Crippen molar-refractivity contribution in [2.24, 2.45) is 0 Å². The second-order valence-electron chi connectivity index (χ2n) is 5.75. The lowest BCUT2D eigenvalue weighted by Crippen LogP contribution is -2.18. The first-order valence-electron chi connectivity index (χ1n) is 8.61. The molecule has 0 heterocycles. The van der Waals surface area contributed by atoms with Crippen molar-refractivity contribution in [1.82, 2.24) is 5.32 Å². The van der Waals surface area contributed by atoms with Crippen molar-refractivity contribution in [2.75, 3.05) is 33.2 Å². The number of amides is 1. The molecule has 0 radical (unpaired) electrons. The van der Waals surface area contributed by atoms with E-state index in [1.807, 2.05) is 30.3 Å². The molecule has 0 aliphatic heterocycles. The van der Waals surface area contributed by atoms with Crippen LogP contribution in [0, 0.1) is 11.3 Å². The normalized spacial score (nSPS) is 10.6. The number of nitrogens with one attached hydrogen (secondary N) is 2. The molecule has 0 bridgehead atoms. The van der Waals surface area contributed by atoms with Crippen LogP contribution in [0.4, 0.5) is 5.69 Å². The first-order valence-corrected chi connectivity index (χ1v) is 8.61. The number of rotatable bonds is 9. The summed E-state index contributed by atoms with van der Waals surface area (Å²) < 4.78 is 15.6. The molecule has 146 valence electrons. The number of nitrogens with zero attached hydrogens (tertiary/aromatic N) is 1. The second-order valence-corrected chi connectivity index (χ2v) is 5.75. The summed E-state index contributed by atoms with van der Waals surface area (Å²) in [7, 11) is 4.66. The van der Waals surface area contributed by atoms with Crippen LogP contribution in [0.1, 0.15) is 5.56 Å². The predicted octanol–water partition coefficient (Wildman–Crippen LogP) is 2.89. The molecule has 0 fully saturated rings. The number of nitriles is 1. The molecule has 7 nitrogen and oxygen atoms in total. The molecule has 2 rings (SSSR count). The zero-order valence-corrected chi connectivity index (χ0v) is 16.1. The van der Waals surface area contributed by atoms with Crippen LogP contribution in [-0.2, 0) is 11.2 Å². The topological polar surface area (TPSA) is 92.6 Å². The number of ether oxygens (including phenoxy) is 3. The molecule has 0 atom stereocenters. The SMILES string of the molecule is COc1cccc(CCN/C=C(/C#N)C(=O)Nc2ccc(OC)c(OC)c2)c1. The van der Waals surface area contributed by atoms with E-state index in [0.717, 1.165) is 17.7 Å². The molecule has 1 amide bonds. The van der Waals surface area contributed by atoms with Gasteiger partial charge in [0.2, 0.25) is 0 Å². The fourth-order valence-electron chi connectivity index (χ4n) is 2.48. The third-order valence-corrected chi connectivity index (χ3v) is 3.95. The number of hydrogen-bond acceptors (Lipinski definition) is 6. The van der Waals surface area contributed by atoms with E-state index < -0.39 is 5.91 Å². The zero-order chi connectivity index (χ0) is 20.4. The van der Waals surface area contributed by atoms with Crippen molar-refractivity contribution in [1.29, 1.82) is 5.26 Å². The van der Waals surface area contributed by atoms with Crippen molar-refractivity contribution < 1.29 is 19.0 Å². The van der Waals surface area contributed by atoms with Crippen molar-refractivity contribution in [2.45, 2.75) is 6.42 Å². The Bertz CT molecular complexity index is 887. The summed E-state index contributed by atoms with van der Waals surface area (Å²) in [4.78, 5) is 12.3. The molecule has 7 heteroatoms. The maximum Gasteiger partial charge on any atom is 0.267 e. The monoisotopic (exact) mass is 381 g/mol. The molecular formula is C21H23N3O4. The van der Waals surface area contributed by atoms with Crippen molar-refractivity contribution in [3.8, 4) is 23.3 Å². The first-order chi connectivity index (χ1) is 13.6. The van der Waals surface area contributed by atoms with Crippen LogP contribution in [0.25, 0.3) is 0 Å². The van der Waals surface area contributed by atoms with E-state index in [-0.39, 0.29) is 5.57 Å². The molecule has 0 saturated heterocycles. The number of methoxy groups -OCH3 is 3. The fraction of sp³-hybridized carbons (Fsp3) is 0.238. The minimum absolute atomic E-state index is 0.0274. The third-order valence-electron chi connectivity index (χ3n) is 3.95. The van der Waals surface area contributed by atoms with Crippen LogP contribution in [0.5, 0.6) is 17.2 Å². The summed E-state index contributed by atoms with van der Waals surface area (Å²) in [6, 6.07) is 14.6. The lowest BCUT2D eigenvalue weighted by molar-refractivity contribution is -0.112. The van der Waals surface area contributed by atoms with Gasteiger partial charge in [-0.25, -0.2) is 0 Å². The Hall–Kier alpha value is -3.66. The Kier molecular flexibility index (Phi) is 7.73. The van der Waals surface area contributed by atoms with Crippen molar-refractivity contribution in [3.63, 3.8) is 0 Å². The lowest BCUT2D eigenvalue weighted by atomic mass is 10.1. The van der Waals surface area contributed by atoms with Crippen LogP contribution < -0.4 is 24.8 Å². The number of benzene rings is 2. The van der Waals surface area contributed by atoms with Gasteiger partial charge in [0.05, 0.1) is 21.3 Å². The summed E-state index contributed by atoms with van der Waals surface area (Å²) in [5.74, 6) is 1.32. The summed E-state index contributed by atoms with van der Waals surface area (Å²) in [6.07, 6.45) is 2.14. The van der Waals surface area contributed by atoms with Gasteiger partial charge >= 0.3 is 0 Å². The highest BCUT2D eigenvalue weighted by Crippen LogP contribution is 2.29. The third kappa shape index (κ3) is 5.68.